The molecule has 0 aromatic rings. The minimum absolute atomic E-state index is 0.122. The van der Waals surface area contributed by atoms with E-state index in [2.05, 4.69) is 24.2 Å². The van der Waals surface area contributed by atoms with E-state index in [1.165, 1.54) is 32.1 Å². The smallest absolute Gasteiger partial charge is 0.317 e. The molecule has 0 unspecified atom stereocenters. The first-order chi connectivity index (χ1) is 8.74. The lowest BCUT2D eigenvalue weighted by molar-refractivity contribution is 0.154. The lowest BCUT2D eigenvalue weighted by atomic mass is 10.1. The predicted octanol–water partition coefficient (Wildman–Crippen LogP) is 2.30. The van der Waals surface area contributed by atoms with Crippen LogP contribution in [0.4, 0.5) is 4.79 Å². The van der Waals surface area contributed by atoms with E-state index in [9.17, 15) is 4.79 Å². The molecule has 1 aliphatic rings. The van der Waals surface area contributed by atoms with Gasteiger partial charge in [0.25, 0.3) is 0 Å². The maximum Gasteiger partial charge on any atom is 0.317 e. The fraction of sp³-hybridized carbons (Fsp3) is 0.929. The van der Waals surface area contributed by atoms with Crippen LogP contribution in [0.5, 0.6) is 0 Å². The Balaban J connectivity index is 1.96. The van der Waals surface area contributed by atoms with E-state index < -0.39 is 0 Å². The molecule has 4 nitrogen and oxygen atoms in total. The van der Waals surface area contributed by atoms with Crippen LogP contribution in [0.25, 0.3) is 0 Å². The number of urea groups is 1. The van der Waals surface area contributed by atoms with Crippen LogP contribution in [0, 0.1) is 0 Å². The van der Waals surface area contributed by atoms with Gasteiger partial charge in [-0.3, -0.25) is 0 Å². The summed E-state index contributed by atoms with van der Waals surface area (Å²) in [6, 6.07) is 0.122. The van der Waals surface area contributed by atoms with Gasteiger partial charge in [0.2, 0.25) is 0 Å². The Kier molecular flexibility index (Phi) is 7.81. The molecule has 2 amide bonds. The molecule has 18 heavy (non-hydrogen) atoms. The van der Waals surface area contributed by atoms with Crippen LogP contribution in [0.2, 0.25) is 0 Å². The number of amides is 2. The second-order valence-corrected chi connectivity index (χ2v) is 5.29. The maximum absolute atomic E-state index is 11.8. The zero-order valence-electron chi connectivity index (χ0n) is 12.1. The molecule has 0 radical (unpaired) electrons. The van der Waals surface area contributed by atoms with Gasteiger partial charge in [0.1, 0.15) is 0 Å². The van der Waals surface area contributed by atoms with E-state index in [0.717, 1.165) is 39.1 Å². The summed E-state index contributed by atoms with van der Waals surface area (Å²) in [5, 5.41) is 3.03. The molecular weight excluding hydrogens is 226 g/mol. The Labute approximate surface area is 112 Å². The summed E-state index contributed by atoms with van der Waals surface area (Å²) in [5.74, 6) is 0. The molecule has 1 rings (SSSR count). The van der Waals surface area contributed by atoms with Crippen molar-refractivity contribution in [2.45, 2.75) is 45.4 Å². The standard InChI is InChI=1S/C14H29N3O/c1-3-4-5-6-7-8-9-15-14(18)17-12-10-16(2)11-13-17/h3-13H2,1-2H3,(H,15,18). The lowest BCUT2D eigenvalue weighted by Gasteiger charge is -2.32. The molecule has 1 heterocycles. The Hall–Kier alpha value is -0.770. The van der Waals surface area contributed by atoms with Crippen LogP contribution < -0.4 is 5.32 Å². The van der Waals surface area contributed by atoms with Gasteiger partial charge in [-0.15, -0.1) is 0 Å². The first-order valence-corrected chi connectivity index (χ1v) is 7.45. The molecule has 0 aromatic carbocycles. The van der Waals surface area contributed by atoms with Gasteiger partial charge < -0.3 is 15.1 Å². The minimum Gasteiger partial charge on any atom is -0.338 e. The van der Waals surface area contributed by atoms with Gasteiger partial charge in [0.15, 0.2) is 0 Å². The van der Waals surface area contributed by atoms with Crippen molar-refractivity contribution >= 4 is 6.03 Å². The van der Waals surface area contributed by atoms with E-state index >= 15 is 0 Å². The van der Waals surface area contributed by atoms with Crippen molar-refractivity contribution in [1.29, 1.82) is 0 Å². The first-order valence-electron chi connectivity index (χ1n) is 7.45. The summed E-state index contributed by atoms with van der Waals surface area (Å²) in [5.41, 5.74) is 0. The van der Waals surface area contributed by atoms with Crippen molar-refractivity contribution in [1.82, 2.24) is 15.1 Å². The van der Waals surface area contributed by atoms with Gasteiger partial charge in [0.05, 0.1) is 0 Å². The van der Waals surface area contributed by atoms with E-state index in [-0.39, 0.29) is 6.03 Å². The van der Waals surface area contributed by atoms with Crippen molar-refractivity contribution in [3.05, 3.63) is 0 Å². The second kappa shape index (κ2) is 9.20. The van der Waals surface area contributed by atoms with Crippen molar-refractivity contribution in [3.63, 3.8) is 0 Å². The lowest BCUT2D eigenvalue weighted by Crippen LogP contribution is -2.50. The minimum atomic E-state index is 0.122. The molecule has 0 saturated carbocycles. The molecule has 4 heteroatoms. The average molecular weight is 255 g/mol. The van der Waals surface area contributed by atoms with Crippen LogP contribution >= 0.6 is 0 Å². The second-order valence-electron chi connectivity index (χ2n) is 5.29. The average Bonchev–Trinajstić information content (AvgIpc) is 2.38. The largest absolute Gasteiger partial charge is 0.338 e. The Bertz CT molecular complexity index is 225. The zero-order valence-corrected chi connectivity index (χ0v) is 12.1. The molecule has 106 valence electrons. The number of carbonyl (C=O) groups excluding carboxylic acids is 1. The summed E-state index contributed by atoms with van der Waals surface area (Å²) in [6.07, 6.45) is 7.63. The highest BCUT2D eigenvalue weighted by Crippen LogP contribution is 2.04. The van der Waals surface area contributed by atoms with Crippen LogP contribution in [0.3, 0.4) is 0 Å². The molecule has 1 aliphatic heterocycles. The van der Waals surface area contributed by atoms with Gasteiger partial charge in [-0.2, -0.15) is 0 Å². The van der Waals surface area contributed by atoms with Gasteiger partial charge in [-0.05, 0) is 13.5 Å². The third-order valence-corrected chi connectivity index (χ3v) is 3.60. The van der Waals surface area contributed by atoms with Crippen LogP contribution in [0.15, 0.2) is 0 Å². The van der Waals surface area contributed by atoms with Crippen LogP contribution in [-0.2, 0) is 0 Å². The number of carbonyl (C=O) groups is 1. The summed E-state index contributed by atoms with van der Waals surface area (Å²) in [7, 11) is 2.10. The fourth-order valence-electron chi connectivity index (χ4n) is 2.22. The van der Waals surface area contributed by atoms with Gasteiger partial charge in [-0.1, -0.05) is 39.0 Å². The van der Waals surface area contributed by atoms with Crippen molar-refractivity contribution in [3.8, 4) is 0 Å². The van der Waals surface area contributed by atoms with Crippen molar-refractivity contribution in [2.75, 3.05) is 39.8 Å². The Morgan fingerprint density at radius 3 is 2.28 bits per heavy atom. The summed E-state index contributed by atoms with van der Waals surface area (Å²) in [4.78, 5) is 16.0. The molecule has 0 aromatic heterocycles. The Morgan fingerprint density at radius 2 is 1.61 bits per heavy atom. The van der Waals surface area contributed by atoms with E-state index in [0.29, 0.717) is 0 Å². The molecule has 0 aliphatic carbocycles. The number of unbranched alkanes of at least 4 members (excludes halogenated alkanes) is 5. The molecule has 1 fully saturated rings. The number of hydrogen-bond donors (Lipinski definition) is 1. The van der Waals surface area contributed by atoms with Crippen LogP contribution in [0.1, 0.15) is 45.4 Å². The third kappa shape index (κ3) is 6.24. The summed E-state index contributed by atoms with van der Waals surface area (Å²) in [6.45, 7) is 6.76. The number of hydrogen-bond acceptors (Lipinski definition) is 2. The number of nitrogens with zero attached hydrogens (tertiary/aromatic N) is 2. The summed E-state index contributed by atoms with van der Waals surface area (Å²) < 4.78 is 0. The molecule has 0 atom stereocenters. The zero-order chi connectivity index (χ0) is 13.2. The van der Waals surface area contributed by atoms with Crippen molar-refractivity contribution < 1.29 is 4.79 Å². The fourth-order valence-corrected chi connectivity index (χ4v) is 2.22. The van der Waals surface area contributed by atoms with Crippen LogP contribution in [-0.4, -0.2) is 55.6 Å². The molecule has 0 spiro atoms. The molecule has 1 N–H and O–H groups in total. The third-order valence-electron chi connectivity index (χ3n) is 3.60. The predicted molar refractivity (Wildman–Crippen MR) is 75.8 cm³/mol. The highest BCUT2D eigenvalue weighted by atomic mass is 16.2. The SMILES string of the molecule is CCCCCCCCNC(=O)N1CCN(C)CC1. The summed E-state index contributed by atoms with van der Waals surface area (Å²) >= 11 is 0. The monoisotopic (exact) mass is 255 g/mol. The van der Waals surface area contributed by atoms with Gasteiger partial charge in [-0.25, -0.2) is 4.79 Å². The van der Waals surface area contributed by atoms with Gasteiger partial charge in [0, 0.05) is 32.7 Å². The number of rotatable bonds is 7. The normalized spacial score (nSPS) is 16.9. The molecular formula is C14H29N3O. The topological polar surface area (TPSA) is 35.6 Å². The van der Waals surface area contributed by atoms with E-state index in [1.807, 2.05) is 4.90 Å². The molecule has 1 saturated heterocycles. The van der Waals surface area contributed by atoms with Crippen molar-refractivity contribution in [2.24, 2.45) is 0 Å². The highest BCUT2D eigenvalue weighted by Gasteiger charge is 2.17. The first kappa shape index (κ1) is 15.3. The quantitative estimate of drug-likeness (QED) is 0.709. The molecule has 0 bridgehead atoms. The number of likely N-dealkylation sites (N-methyl/N-ethyl adjacent to an activating group) is 1. The Morgan fingerprint density at radius 1 is 1.00 bits per heavy atom. The highest BCUT2D eigenvalue weighted by molar-refractivity contribution is 5.74. The van der Waals surface area contributed by atoms with Gasteiger partial charge >= 0.3 is 6.03 Å². The van der Waals surface area contributed by atoms with E-state index in [1.54, 1.807) is 0 Å². The maximum atomic E-state index is 11.8. The number of piperazine rings is 1. The number of nitrogens with one attached hydrogen (secondary N) is 1. The van der Waals surface area contributed by atoms with E-state index in [4.69, 9.17) is 0 Å².